The number of carbonyl (C=O) groups is 1. The minimum atomic E-state index is -0.278. The summed E-state index contributed by atoms with van der Waals surface area (Å²) in [4.78, 5) is 12.8. The number of thioether (sulfide) groups is 1. The van der Waals surface area contributed by atoms with Gasteiger partial charge in [0.1, 0.15) is 18.2 Å². The summed E-state index contributed by atoms with van der Waals surface area (Å²) in [5, 5.41) is 2.88. The van der Waals surface area contributed by atoms with Gasteiger partial charge in [0.05, 0.1) is 5.75 Å². The second-order valence-corrected chi connectivity index (χ2v) is 6.99. The van der Waals surface area contributed by atoms with Crippen molar-refractivity contribution >= 4 is 17.7 Å². The Labute approximate surface area is 162 Å². The molecule has 27 heavy (non-hydrogen) atoms. The summed E-state index contributed by atoms with van der Waals surface area (Å²) >= 11 is 1.38. The second-order valence-electron chi connectivity index (χ2n) is 5.94. The molecule has 0 saturated heterocycles. The van der Waals surface area contributed by atoms with Crippen LogP contribution in [0.3, 0.4) is 0 Å². The summed E-state index contributed by atoms with van der Waals surface area (Å²) in [6.07, 6.45) is 0. The molecule has 0 atom stereocenters. The number of benzene rings is 3. The van der Waals surface area contributed by atoms with Gasteiger partial charge >= 0.3 is 0 Å². The Kier molecular flexibility index (Phi) is 6.88. The molecule has 0 spiro atoms. The maximum absolute atomic E-state index is 12.9. The molecule has 0 aliphatic rings. The molecular formula is C22H20FNO2S. The summed E-state index contributed by atoms with van der Waals surface area (Å²) < 4.78 is 18.6. The first-order chi connectivity index (χ1) is 13.2. The minimum absolute atomic E-state index is 0.0614. The summed E-state index contributed by atoms with van der Waals surface area (Å²) in [6, 6.07) is 23.8. The molecule has 1 N–H and O–H groups in total. The molecule has 0 aliphatic carbocycles. The van der Waals surface area contributed by atoms with Gasteiger partial charge in [0, 0.05) is 11.4 Å². The Balaban J connectivity index is 1.40. The maximum atomic E-state index is 12.9. The molecule has 3 aromatic carbocycles. The van der Waals surface area contributed by atoms with Crippen molar-refractivity contribution in [2.45, 2.75) is 18.0 Å². The van der Waals surface area contributed by atoms with E-state index in [9.17, 15) is 9.18 Å². The molecule has 0 saturated carbocycles. The molecule has 138 valence electrons. The van der Waals surface area contributed by atoms with E-state index >= 15 is 0 Å². The Morgan fingerprint density at radius 3 is 2.30 bits per heavy atom. The van der Waals surface area contributed by atoms with Crippen molar-refractivity contribution in [3.8, 4) is 5.75 Å². The first-order valence-corrected chi connectivity index (χ1v) is 9.58. The van der Waals surface area contributed by atoms with Crippen LogP contribution >= 0.6 is 11.8 Å². The maximum Gasteiger partial charge on any atom is 0.230 e. The molecule has 1 amide bonds. The normalized spacial score (nSPS) is 10.4. The summed E-state index contributed by atoms with van der Waals surface area (Å²) in [5.74, 6) is 0.749. The van der Waals surface area contributed by atoms with Crippen LogP contribution < -0.4 is 10.1 Å². The molecule has 5 heteroatoms. The average molecular weight is 381 g/mol. The number of carbonyl (C=O) groups excluding carboxylic acids is 1. The number of halogens is 1. The van der Waals surface area contributed by atoms with Crippen LogP contribution in [0.2, 0.25) is 0 Å². The van der Waals surface area contributed by atoms with Crippen LogP contribution in [0.4, 0.5) is 4.39 Å². The van der Waals surface area contributed by atoms with Crippen molar-refractivity contribution < 1.29 is 13.9 Å². The van der Waals surface area contributed by atoms with Crippen LogP contribution in [0.1, 0.15) is 11.1 Å². The zero-order chi connectivity index (χ0) is 18.9. The van der Waals surface area contributed by atoms with Crippen molar-refractivity contribution in [3.63, 3.8) is 0 Å². The molecule has 0 aromatic heterocycles. The van der Waals surface area contributed by atoms with E-state index in [1.165, 1.54) is 23.9 Å². The van der Waals surface area contributed by atoms with Crippen LogP contribution in [0.15, 0.2) is 83.8 Å². The number of nitrogens with one attached hydrogen (secondary N) is 1. The molecule has 3 nitrogen and oxygen atoms in total. The Bertz CT molecular complexity index is 852. The van der Waals surface area contributed by atoms with Gasteiger partial charge in [-0.3, -0.25) is 4.79 Å². The molecular weight excluding hydrogens is 361 g/mol. The van der Waals surface area contributed by atoms with Crippen molar-refractivity contribution in [2.75, 3.05) is 5.75 Å². The lowest BCUT2D eigenvalue weighted by Gasteiger charge is -2.08. The molecule has 3 rings (SSSR count). The summed E-state index contributed by atoms with van der Waals surface area (Å²) in [5.41, 5.74) is 2.12. The molecule has 0 heterocycles. The van der Waals surface area contributed by atoms with Gasteiger partial charge in [-0.2, -0.15) is 0 Å². The zero-order valence-electron chi connectivity index (χ0n) is 14.7. The number of ether oxygens (including phenoxy) is 1. The van der Waals surface area contributed by atoms with Gasteiger partial charge in [-0.15, -0.1) is 11.8 Å². The Morgan fingerprint density at radius 2 is 1.59 bits per heavy atom. The van der Waals surface area contributed by atoms with Gasteiger partial charge in [-0.1, -0.05) is 42.5 Å². The number of hydrogen-bond donors (Lipinski definition) is 1. The van der Waals surface area contributed by atoms with E-state index in [-0.39, 0.29) is 11.7 Å². The van der Waals surface area contributed by atoms with E-state index in [4.69, 9.17) is 4.74 Å². The highest BCUT2D eigenvalue weighted by atomic mass is 32.2. The highest BCUT2D eigenvalue weighted by molar-refractivity contribution is 8.00. The smallest absolute Gasteiger partial charge is 0.230 e. The van der Waals surface area contributed by atoms with Gasteiger partial charge in [0.25, 0.3) is 0 Å². The third-order valence-electron chi connectivity index (χ3n) is 3.84. The van der Waals surface area contributed by atoms with Crippen molar-refractivity contribution in [1.82, 2.24) is 5.32 Å². The summed E-state index contributed by atoms with van der Waals surface area (Å²) in [6.45, 7) is 0.985. The van der Waals surface area contributed by atoms with Gasteiger partial charge < -0.3 is 10.1 Å². The zero-order valence-corrected chi connectivity index (χ0v) is 15.5. The third-order valence-corrected chi connectivity index (χ3v) is 4.86. The van der Waals surface area contributed by atoms with Crippen LogP contribution in [-0.4, -0.2) is 11.7 Å². The summed E-state index contributed by atoms with van der Waals surface area (Å²) in [7, 11) is 0. The predicted molar refractivity (Wildman–Crippen MR) is 106 cm³/mol. The third kappa shape index (κ3) is 6.46. The lowest BCUT2D eigenvalue weighted by Crippen LogP contribution is -2.24. The number of rotatable bonds is 8. The van der Waals surface area contributed by atoms with E-state index in [1.54, 1.807) is 12.1 Å². The van der Waals surface area contributed by atoms with E-state index in [2.05, 4.69) is 5.32 Å². The number of amides is 1. The van der Waals surface area contributed by atoms with E-state index in [0.717, 1.165) is 21.8 Å². The van der Waals surface area contributed by atoms with Crippen LogP contribution in [0.5, 0.6) is 5.75 Å². The van der Waals surface area contributed by atoms with E-state index < -0.39 is 0 Å². The molecule has 0 radical (unpaired) electrons. The van der Waals surface area contributed by atoms with Crippen LogP contribution in [0, 0.1) is 5.82 Å². The Morgan fingerprint density at radius 1 is 0.889 bits per heavy atom. The molecule has 0 unspecified atom stereocenters. The van der Waals surface area contributed by atoms with Gasteiger partial charge in [0.2, 0.25) is 5.91 Å². The fourth-order valence-corrected chi connectivity index (χ4v) is 3.10. The second kappa shape index (κ2) is 9.78. The SMILES string of the molecule is O=C(CSc1ccc(F)cc1)NCc1ccc(OCc2ccccc2)cc1. The first-order valence-electron chi connectivity index (χ1n) is 8.60. The van der Waals surface area contributed by atoms with E-state index in [1.807, 2.05) is 54.6 Å². The van der Waals surface area contributed by atoms with Crippen molar-refractivity contribution in [2.24, 2.45) is 0 Å². The molecule has 0 bridgehead atoms. The quantitative estimate of drug-likeness (QED) is 0.569. The number of hydrogen-bond acceptors (Lipinski definition) is 3. The molecule has 3 aromatic rings. The lowest BCUT2D eigenvalue weighted by atomic mass is 10.2. The van der Waals surface area contributed by atoms with Crippen LogP contribution in [0.25, 0.3) is 0 Å². The van der Waals surface area contributed by atoms with Gasteiger partial charge in [-0.05, 0) is 47.5 Å². The minimum Gasteiger partial charge on any atom is -0.489 e. The largest absolute Gasteiger partial charge is 0.489 e. The topological polar surface area (TPSA) is 38.3 Å². The van der Waals surface area contributed by atoms with E-state index in [0.29, 0.717) is 18.9 Å². The average Bonchev–Trinajstić information content (AvgIpc) is 2.72. The fourth-order valence-electron chi connectivity index (χ4n) is 2.38. The molecule has 0 aliphatic heterocycles. The molecule has 0 fully saturated rings. The Hall–Kier alpha value is -2.79. The van der Waals surface area contributed by atoms with Crippen molar-refractivity contribution in [3.05, 3.63) is 95.8 Å². The van der Waals surface area contributed by atoms with Gasteiger partial charge in [0.15, 0.2) is 0 Å². The van der Waals surface area contributed by atoms with Crippen LogP contribution in [-0.2, 0) is 17.9 Å². The van der Waals surface area contributed by atoms with Gasteiger partial charge in [-0.25, -0.2) is 4.39 Å². The predicted octanol–water partition coefficient (Wildman–Crippen LogP) is 4.81. The fraction of sp³-hybridized carbons (Fsp3) is 0.136. The standard InChI is InChI=1S/C22H20FNO2S/c23-19-8-12-21(13-9-19)27-16-22(25)24-14-17-6-10-20(11-7-17)26-15-18-4-2-1-3-5-18/h1-13H,14-16H2,(H,24,25). The van der Waals surface area contributed by atoms with Crippen molar-refractivity contribution in [1.29, 1.82) is 0 Å². The lowest BCUT2D eigenvalue weighted by molar-refractivity contribution is -0.118. The highest BCUT2D eigenvalue weighted by Gasteiger charge is 2.04. The monoisotopic (exact) mass is 381 g/mol. The highest BCUT2D eigenvalue weighted by Crippen LogP contribution is 2.18. The first kappa shape index (κ1) is 19.0.